The molecule has 1 nitrogen and oxygen atoms in total. The van der Waals surface area contributed by atoms with Gasteiger partial charge in [0.15, 0.2) is 0 Å². The molecule has 0 fully saturated rings. The maximum absolute atomic E-state index is 5.94. The minimum absolute atomic E-state index is 0. The summed E-state index contributed by atoms with van der Waals surface area (Å²) in [6.07, 6.45) is 4.47. The molecule has 1 N–H and O–H groups in total. The molecule has 1 unspecified atom stereocenters. The van der Waals surface area contributed by atoms with E-state index in [2.05, 4.69) is 73.7 Å². The average molecular weight is 336 g/mol. The Labute approximate surface area is 145 Å². The summed E-state index contributed by atoms with van der Waals surface area (Å²) in [5.74, 6) is 0.695. The number of benzene rings is 2. The van der Waals surface area contributed by atoms with Crippen LogP contribution in [0.2, 0.25) is 0 Å². The van der Waals surface area contributed by atoms with E-state index in [0.717, 1.165) is 19.6 Å². The van der Waals surface area contributed by atoms with Gasteiger partial charge in [-0.25, -0.2) is 0 Å². The Morgan fingerprint density at radius 2 is 1.68 bits per heavy atom. The van der Waals surface area contributed by atoms with E-state index in [1.165, 1.54) is 21.6 Å². The normalized spacial score (nSPS) is 12.1. The third kappa shape index (κ3) is 6.23. The first-order valence-electron chi connectivity index (χ1n) is 7.45. The van der Waals surface area contributed by atoms with E-state index in [1.807, 2.05) is 0 Å². The molecule has 2 rings (SSSR count). The third-order valence-corrected chi connectivity index (χ3v) is 3.83. The molecular weight excluding hydrogens is 313 g/mol. The minimum Gasteiger partial charge on any atom is -1.00 e. The highest BCUT2D eigenvalue weighted by Gasteiger charge is 2.06. The van der Waals surface area contributed by atoms with Gasteiger partial charge in [-0.2, -0.15) is 0 Å². The number of hydrogen-bond donors (Lipinski definition) is 1. The zero-order valence-electron chi connectivity index (χ0n) is 12.9. The largest absolute Gasteiger partial charge is 1.00 e. The van der Waals surface area contributed by atoms with Gasteiger partial charge in [0, 0.05) is 5.56 Å². The molecule has 1 atom stereocenters. The summed E-state index contributed by atoms with van der Waals surface area (Å²) in [6.45, 7) is 5.14. The van der Waals surface area contributed by atoms with Crippen LogP contribution >= 0.6 is 11.6 Å². The quantitative estimate of drug-likeness (QED) is 0.696. The highest BCUT2D eigenvalue weighted by atomic mass is 35.5. The number of halogens is 2. The molecule has 0 bridgehead atoms. The molecule has 0 aliphatic rings. The Hall–Kier alpha value is -1.28. The summed E-state index contributed by atoms with van der Waals surface area (Å²) in [7, 11) is 0. The van der Waals surface area contributed by atoms with Crippen LogP contribution in [0.5, 0.6) is 0 Å². The minimum atomic E-state index is 0. The molecule has 0 aromatic heterocycles. The second kappa shape index (κ2) is 10.4. The van der Waals surface area contributed by atoms with Gasteiger partial charge in [-0.15, -0.1) is 11.6 Å². The molecule has 118 valence electrons. The van der Waals surface area contributed by atoms with Crippen molar-refractivity contribution in [3.8, 4) is 0 Å². The van der Waals surface area contributed by atoms with Gasteiger partial charge >= 0.3 is 0 Å². The van der Waals surface area contributed by atoms with Crippen molar-refractivity contribution in [3.63, 3.8) is 0 Å². The summed E-state index contributed by atoms with van der Waals surface area (Å²) in [4.78, 5) is 1.49. The molecule has 22 heavy (non-hydrogen) atoms. The molecule has 3 heteroatoms. The second-order valence-electron chi connectivity index (χ2n) is 5.31. The Morgan fingerprint density at radius 1 is 1.00 bits per heavy atom. The predicted octanol–water partition coefficient (Wildman–Crippen LogP) is 0.336. The number of aryl methyl sites for hydroxylation is 1. The predicted molar refractivity (Wildman–Crippen MR) is 91.8 cm³/mol. The van der Waals surface area contributed by atoms with E-state index in [1.54, 1.807) is 0 Å². The van der Waals surface area contributed by atoms with Gasteiger partial charge in [-0.3, -0.25) is 0 Å². The summed E-state index contributed by atoms with van der Waals surface area (Å²) < 4.78 is 0. The molecule has 0 amide bonds. The highest BCUT2D eigenvalue weighted by molar-refractivity contribution is 6.17. The van der Waals surface area contributed by atoms with Crippen LogP contribution in [0.1, 0.15) is 16.7 Å². The van der Waals surface area contributed by atoms with E-state index in [4.69, 9.17) is 11.6 Å². The van der Waals surface area contributed by atoms with Crippen molar-refractivity contribution < 1.29 is 17.3 Å². The zero-order valence-corrected chi connectivity index (χ0v) is 14.4. The van der Waals surface area contributed by atoms with E-state index >= 15 is 0 Å². The number of quaternary nitrogens is 1. The van der Waals surface area contributed by atoms with Crippen molar-refractivity contribution in [1.82, 2.24) is 0 Å². The number of nitrogens with one attached hydrogen (secondary N) is 1. The van der Waals surface area contributed by atoms with Crippen LogP contribution in [-0.2, 0) is 6.54 Å². The first-order chi connectivity index (χ1) is 10.3. The van der Waals surface area contributed by atoms with Crippen LogP contribution < -0.4 is 17.3 Å². The van der Waals surface area contributed by atoms with E-state index in [9.17, 15) is 0 Å². The Kier molecular flexibility index (Phi) is 8.91. The number of rotatable bonds is 7. The molecule has 0 aliphatic carbocycles. The summed E-state index contributed by atoms with van der Waals surface area (Å²) in [6, 6.07) is 19.1. The lowest BCUT2D eigenvalue weighted by Gasteiger charge is -2.16. The molecule has 0 spiro atoms. The van der Waals surface area contributed by atoms with Gasteiger partial charge in [0.25, 0.3) is 0 Å². The van der Waals surface area contributed by atoms with Crippen LogP contribution in [0.3, 0.4) is 0 Å². The molecule has 0 heterocycles. The highest BCUT2D eigenvalue weighted by Crippen LogP contribution is 2.08. The Balaban J connectivity index is 0.00000242. The van der Waals surface area contributed by atoms with Crippen molar-refractivity contribution in [2.45, 2.75) is 13.5 Å². The Bertz CT molecular complexity index is 567. The van der Waals surface area contributed by atoms with Crippen LogP contribution in [0, 0.1) is 6.92 Å². The molecule has 0 saturated carbocycles. The monoisotopic (exact) mass is 335 g/mol. The van der Waals surface area contributed by atoms with Crippen molar-refractivity contribution in [2.24, 2.45) is 0 Å². The maximum atomic E-state index is 5.94. The van der Waals surface area contributed by atoms with Gasteiger partial charge in [-0.05, 0) is 24.1 Å². The second-order valence-corrected chi connectivity index (χ2v) is 5.69. The third-order valence-electron chi connectivity index (χ3n) is 3.64. The van der Waals surface area contributed by atoms with Gasteiger partial charge in [0.2, 0.25) is 0 Å². The van der Waals surface area contributed by atoms with E-state index in [0.29, 0.717) is 5.88 Å². The molecule has 2 aromatic rings. The van der Waals surface area contributed by atoms with Crippen molar-refractivity contribution in [3.05, 3.63) is 77.4 Å². The zero-order chi connectivity index (χ0) is 14.9. The number of alkyl halides is 1. The number of hydrogen-bond acceptors (Lipinski definition) is 0. The van der Waals surface area contributed by atoms with Gasteiger partial charge in [-0.1, -0.05) is 60.7 Å². The summed E-state index contributed by atoms with van der Waals surface area (Å²) in [5.41, 5.74) is 3.97. The first kappa shape index (κ1) is 18.8. The lowest BCUT2D eigenvalue weighted by Crippen LogP contribution is -3.10. The lowest BCUT2D eigenvalue weighted by atomic mass is 10.1. The fraction of sp³-hybridized carbons (Fsp3) is 0.263. The Morgan fingerprint density at radius 3 is 2.36 bits per heavy atom. The first-order valence-corrected chi connectivity index (χ1v) is 7.98. The van der Waals surface area contributed by atoms with Crippen molar-refractivity contribution in [1.29, 1.82) is 0 Å². The maximum Gasteiger partial charge on any atom is 0.103 e. The lowest BCUT2D eigenvalue weighted by molar-refractivity contribution is -0.905. The van der Waals surface area contributed by atoms with E-state index in [-0.39, 0.29) is 12.4 Å². The molecular formula is C19H23Cl2N. The van der Waals surface area contributed by atoms with E-state index < -0.39 is 0 Å². The fourth-order valence-corrected chi connectivity index (χ4v) is 2.67. The molecule has 0 aliphatic heterocycles. The summed E-state index contributed by atoms with van der Waals surface area (Å²) >= 11 is 5.94. The topological polar surface area (TPSA) is 4.44 Å². The smallest absolute Gasteiger partial charge is 0.103 e. The van der Waals surface area contributed by atoms with Crippen molar-refractivity contribution >= 4 is 17.7 Å². The van der Waals surface area contributed by atoms with Crippen molar-refractivity contribution in [2.75, 3.05) is 19.0 Å². The standard InChI is InChI=1S/C19H22ClN.ClH/c1-17-8-5-6-11-19(17)12-7-14-21(15-13-20)16-18-9-3-2-4-10-18;/h2-12H,13-16H2,1H3;1H/b12-7+;. The molecule has 0 radical (unpaired) electrons. The van der Waals surface area contributed by atoms with Gasteiger partial charge in [0.05, 0.1) is 19.0 Å². The summed E-state index contributed by atoms with van der Waals surface area (Å²) in [5, 5.41) is 0. The van der Waals surface area contributed by atoms with Crippen LogP contribution in [0.15, 0.2) is 60.7 Å². The van der Waals surface area contributed by atoms with Crippen LogP contribution in [0.4, 0.5) is 0 Å². The van der Waals surface area contributed by atoms with Gasteiger partial charge in [0.1, 0.15) is 6.54 Å². The van der Waals surface area contributed by atoms with Gasteiger partial charge < -0.3 is 17.3 Å². The SMILES string of the molecule is Cc1ccccc1/C=C/C[NH+](CCCl)Cc1ccccc1.[Cl-]. The molecule has 0 saturated heterocycles. The van der Waals surface area contributed by atoms with Crippen LogP contribution in [-0.4, -0.2) is 19.0 Å². The molecule has 2 aromatic carbocycles. The average Bonchev–Trinajstić information content (AvgIpc) is 2.50. The fourth-order valence-electron chi connectivity index (χ4n) is 2.41. The van der Waals surface area contributed by atoms with Crippen LogP contribution in [0.25, 0.3) is 6.08 Å².